The lowest BCUT2D eigenvalue weighted by Crippen LogP contribution is -2.60. The van der Waals surface area contributed by atoms with Gasteiger partial charge in [-0.05, 0) is 61.6 Å². The molecule has 2 aromatic carbocycles. The average molecular weight is 803 g/mol. The van der Waals surface area contributed by atoms with Crippen LogP contribution in [0.2, 0.25) is 0 Å². The van der Waals surface area contributed by atoms with Crippen molar-refractivity contribution in [3.63, 3.8) is 0 Å². The maximum atomic E-state index is 14.4. The molecule has 2 heterocycles. The topological polar surface area (TPSA) is 231 Å². The molecule has 4 rings (SSSR count). The molecule has 1 saturated heterocycles. The van der Waals surface area contributed by atoms with Crippen LogP contribution in [0.5, 0.6) is 0 Å². The van der Waals surface area contributed by atoms with Crippen LogP contribution in [0.15, 0.2) is 60.8 Å². The van der Waals surface area contributed by atoms with Crippen LogP contribution in [0.25, 0.3) is 10.9 Å². The van der Waals surface area contributed by atoms with E-state index < -0.39 is 83.7 Å². The minimum Gasteiger partial charge on any atom is -0.480 e. The molecule has 16 nitrogen and oxygen atoms in total. The van der Waals surface area contributed by atoms with Crippen molar-refractivity contribution in [1.82, 2.24) is 41.8 Å². The van der Waals surface area contributed by atoms with Gasteiger partial charge in [-0.15, -0.1) is 0 Å². The minimum absolute atomic E-state index is 0.0413. The Balaban J connectivity index is 1.70. The highest BCUT2D eigenvalue weighted by atomic mass is 16.4. The number of rotatable bonds is 10. The zero-order valence-electron chi connectivity index (χ0n) is 34.1. The minimum atomic E-state index is -1.24. The fourth-order valence-corrected chi connectivity index (χ4v) is 6.86. The Morgan fingerprint density at radius 2 is 1.47 bits per heavy atom. The van der Waals surface area contributed by atoms with Gasteiger partial charge in [-0.2, -0.15) is 0 Å². The van der Waals surface area contributed by atoms with Gasteiger partial charge in [0.25, 0.3) is 0 Å². The number of aromatic amines is 1. The summed E-state index contributed by atoms with van der Waals surface area (Å²) >= 11 is 0. The number of hydrogen-bond donors (Lipinski definition) is 8. The van der Waals surface area contributed by atoms with Crippen LogP contribution < -0.4 is 31.9 Å². The summed E-state index contributed by atoms with van der Waals surface area (Å²) in [6.45, 7) is 8.74. The second-order valence-electron chi connectivity index (χ2n) is 15.7. The molecule has 7 amide bonds. The average Bonchev–Trinajstić information content (AvgIpc) is 3.59. The summed E-state index contributed by atoms with van der Waals surface area (Å²) < 4.78 is 0. The number of hydrogen-bond acceptors (Lipinski definition) is 7. The van der Waals surface area contributed by atoms with E-state index in [1.165, 1.54) is 11.9 Å². The van der Waals surface area contributed by atoms with Gasteiger partial charge >= 0.3 is 12.0 Å². The fourth-order valence-electron chi connectivity index (χ4n) is 6.86. The Hall–Kier alpha value is -5.93. The molecule has 6 atom stereocenters. The standard InChI is InChI=1S/C42H58N8O8/c1-24(2)20-32-39(54)47-34(22-28-23-44-30-17-11-10-16-29(28)30)40(55)50(6)26(5)36(51)45-33(21-27-14-8-7-9-15-27)37(52)43-19-13-12-18-31(38(53)46-32)48-42(58)49-35(25(3)4)41(56)57/h7-11,14-17,23-26,31-35,44H,12-13,18-22H2,1-6H3,(H,43,52)(H,45,51)(H,46,53)(H,47,54)(H,56,57)(H2,48,49,58)/t26-,31+,32-,33-,34-,35-/m0/s1. The van der Waals surface area contributed by atoms with Crippen LogP contribution in [0.3, 0.4) is 0 Å². The summed E-state index contributed by atoms with van der Waals surface area (Å²) in [5.74, 6) is -4.69. The predicted molar refractivity (Wildman–Crippen MR) is 218 cm³/mol. The van der Waals surface area contributed by atoms with E-state index in [9.17, 15) is 38.7 Å². The molecule has 0 bridgehead atoms. The Morgan fingerprint density at radius 3 is 2.14 bits per heavy atom. The number of H-pyrrole nitrogens is 1. The van der Waals surface area contributed by atoms with Gasteiger partial charge in [0.15, 0.2) is 0 Å². The van der Waals surface area contributed by atoms with Crippen molar-refractivity contribution < 1.29 is 38.7 Å². The van der Waals surface area contributed by atoms with Gasteiger partial charge in [0.05, 0.1) is 0 Å². The van der Waals surface area contributed by atoms with Crippen molar-refractivity contribution in [3.05, 3.63) is 71.9 Å². The quantitative estimate of drug-likeness (QED) is 0.151. The molecule has 0 spiro atoms. The maximum Gasteiger partial charge on any atom is 0.326 e. The summed E-state index contributed by atoms with van der Waals surface area (Å²) in [6, 6.07) is 9.01. The molecule has 3 aromatic rings. The van der Waals surface area contributed by atoms with Gasteiger partial charge in [0.1, 0.15) is 36.3 Å². The van der Waals surface area contributed by atoms with E-state index >= 15 is 0 Å². The Kier molecular flexibility index (Phi) is 16.2. The van der Waals surface area contributed by atoms with E-state index in [2.05, 4.69) is 36.9 Å². The third-order valence-electron chi connectivity index (χ3n) is 10.3. The first-order valence-corrected chi connectivity index (χ1v) is 19.9. The Labute approximate surface area is 339 Å². The van der Waals surface area contributed by atoms with E-state index in [-0.39, 0.29) is 38.1 Å². The van der Waals surface area contributed by atoms with Crippen LogP contribution in [0.1, 0.15) is 71.4 Å². The number of urea groups is 1. The molecular weight excluding hydrogens is 745 g/mol. The smallest absolute Gasteiger partial charge is 0.326 e. The number of likely N-dealkylation sites (N-methyl/N-ethyl adjacent to an activating group) is 1. The van der Waals surface area contributed by atoms with Crippen LogP contribution >= 0.6 is 0 Å². The van der Waals surface area contributed by atoms with Crippen molar-refractivity contribution in [2.24, 2.45) is 11.8 Å². The molecule has 0 unspecified atom stereocenters. The molecule has 0 radical (unpaired) electrons. The van der Waals surface area contributed by atoms with Gasteiger partial charge in [-0.25, -0.2) is 9.59 Å². The number of amides is 7. The molecule has 16 heteroatoms. The largest absolute Gasteiger partial charge is 0.480 e. The Bertz CT molecular complexity index is 1910. The van der Waals surface area contributed by atoms with Crippen LogP contribution in [0, 0.1) is 11.8 Å². The lowest BCUT2D eigenvalue weighted by atomic mass is 9.99. The number of carbonyl (C=O) groups excluding carboxylic acids is 6. The number of carboxylic acid groups (broad SMARTS) is 1. The molecule has 0 saturated carbocycles. The highest BCUT2D eigenvalue weighted by molar-refractivity contribution is 5.97. The van der Waals surface area contributed by atoms with Crippen molar-refractivity contribution in [1.29, 1.82) is 0 Å². The van der Waals surface area contributed by atoms with Crippen LogP contribution in [-0.2, 0) is 41.6 Å². The van der Waals surface area contributed by atoms with E-state index in [0.29, 0.717) is 12.8 Å². The number of fused-ring (bicyclic) bond motifs is 1. The Morgan fingerprint density at radius 1 is 0.810 bits per heavy atom. The number of nitrogens with zero attached hydrogens (tertiary/aromatic N) is 1. The first kappa shape index (κ1) is 44.8. The zero-order chi connectivity index (χ0) is 42.5. The van der Waals surface area contributed by atoms with E-state index in [0.717, 1.165) is 22.0 Å². The van der Waals surface area contributed by atoms with E-state index in [1.807, 2.05) is 68.4 Å². The van der Waals surface area contributed by atoms with Crippen LogP contribution in [-0.4, -0.2) is 106 Å². The van der Waals surface area contributed by atoms with Gasteiger partial charge in [-0.3, -0.25) is 24.0 Å². The molecule has 1 aliphatic rings. The normalized spacial score (nSPS) is 22.5. The number of carboxylic acids is 1. The summed E-state index contributed by atoms with van der Waals surface area (Å²) in [4.78, 5) is 99.3. The van der Waals surface area contributed by atoms with Gasteiger partial charge < -0.3 is 46.9 Å². The second-order valence-corrected chi connectivity index (χ2v) is 15.7. The number of aliphatic carboxylic acids is 1. The van der Waals surface area contributed by atoms with Gasteiger partial charge in [0.2, 0.25) is 29.5 Å². The second kappa shape index (κ2) is 21.0. The number of para-hydroxylation sites is 1. The lowest BCUT2D eigenvalue weighted by molar-refractivity contribution is -0.142. The number of nitrogens with one attached hydrogen (secondary N) is 7. The monoisotopic (exact) mass is 802 g/mol. The summed E-state index contributed by atoms with van der Waals surface area (Å²) in [5, 5.41) is 26.8. The lowest BCUT2D eigenvalue weighted by Gasteiger charge is -2.31. The molecule has 1 aromatic heterocycles. The highest BCUT2D eigenvalue weighted by Crippen LogP contribution is 2.20. The van der Waals surface area contributed by atoms with Crippen molar-refractivity contribution in [3.8, 4) is 0 Å². The van der Waals surface area contributed by atoms with Crippen LogP contribution in [0.4, 0.5) is 4.79 Å². The highest BCUT2D eigenvalue weighted by Gasteiger charge is 2.35. The third kappa shape index (κ3) is 12.5. The molecule has 314 valence electrons. The van der Waals surface area contributed by atoms with Gasteiger partial charge in [-0.1, -0.05) is 76.2 Å². The van der Waals surface area contributed by atoms with Gasteiger partial charge in [0, 0.05) is 43.5 Å². The summed E-state index contributed by atoms with van der Waals surface area (Å²) in [7, 11) is 1.46. The SMILES string of the molecule is CC(C)C[C@@H]1NC(=O)[C@H](NC(=O)N[C@H](C(=O)O)C(C)C)CCCCNC(=O)[C@H](Cc2ccccc2)NC(=O)[C@H](C)N(C)C(=O)[C@H](Cc2c[nH]c3ccccc23)NC1=O. The fraction of sp³-hybridized carbons (Fsp3) is 0.500. The predicted octanol–water partition coefficient (Wildman–Crippen LogP) is 2.38. The summed E-state index contributed by atoms with van der Waals surface area (Å²) in [6.07, 6.45) is 2.96. The zero-order valence-corrected chi connectivity index (χ0v) is 34.1. The molecule has 1 fully saturated rings. The third-order valence-corrected chi connectivity index (χ3v) is 10.3. The van der Waals surface area contributed by atoms with E-state index in [1.54, 1.807) is 27.0 Å². The first-order chi connectivity index (χ1) is 27.5. The number of aromatic nitrogens is 1. The number of carbonyl (C=O) groups is 7. The molecule has 1 aliphatic heterocycles. The summed E-state index contributed by atoms with van der Waals surface area (Å²) in [5.41, 5.74) is 2.36. The van der Waals surface area contributed by atoms with Crippen molar-refractivity contribution >= 4 is 52.4 Å². The molecule has 58 heavy (non-hydrogen) atoms. The first-order valence-electron chi connectivity index (χ1n) is 19.9. The molecule has 8 N–H and O–H groups in total. The molecule has 0 aliphatic carbocycles. The maximum absolute atomic E-state index is 14.4. The van der Waals surface area contributed by atoms with Crippen molar-refractivity contribution in [2.75, 3.05) is 13.6 Å². The number of benzene rings is 2. The van der Waals surface area contributed by atoms with E-state index in [4.69, 9.17) is 0 Å². The van der Waals surface area contributed by atoms with Crippen molar-refractivity contribution in [2.45, 2.75) is 109 Å². The molecular formula is C42H58N8O8.